The van der Waals surface area contributed by atoms with Gasteiger partial charge in [-0.05, 0) is 51.6 Å². The first-order chi connectivity index (χ1) is 16.8. The lowest BCUT2D eigenvalue weighted by Gasteiger charge is -2.32. The van der Waals surface area contributed by atoms with E-state index in [9.17, 15) is 9.59 Å². The maximum absolute atomic E-state index is 13.2. The molecule has 8 heteroatoms. The molecule has 0 atom stereocenters. The fourth-order valence-corrected chi connectivity index (χ4v) is 5.16. The van der Waals surface area contributed by atoms with Gasteiger partial charge in [0.1, 0.15) is 0 Å². The zero-order chi connectivity index (χ0) is 25.3. The number of piperazine rings is 1. The fourth-order valence-electron chi connectivity index (χ4n) is 4.54. The summed E-state index contributed by atoms with van der Waals surface area (Å²) < 4.78 is 0. The summed E-state index contributed by atoms with van der Waals surface area (Å²) in [7, 11) is 2.07. The lowest BCUT2D eigenvalue weighted by atomic mass is 10.0. The van der Waals surface area contributed by atoms with Crippen LogP contribution in [-0.4, -0.2) is 64.8 Å². The molecule has 2 N–H and O–H groups in total. The van der Waals surface area contributed by atoms with Crippen molar-refractivity contribution in [2.75, 3.05) is 38.5 Å². The van der Waals surface area contributed by atoms with E-state index in [1.807, 2.05) is 69.2 Å². The Balaban J connectivity index is 0.00000141. The molecule has 2 amide bonds. The third-order valence-corrected chi connectivity index (χ3v) is 7.26. The third kappa shape index (κ3) is 4.81. The van der Waals surface area contributed by atoms with Gasteiger partial charge in [-0.1, -0.05) is 19.9 Å². The molecule has 1 aromatic carbocycles. The number of anilines is 1. The molecule has 0 bridgehead atoms. The second-order valence-corrected chi connectivity index (χ2v) is 9.85. The zero-order valence-corrected chi connectivity index (χ0v) is 22.1. The number of hydrogen-bond donors (Lipinski definition) is 2. The Morgan fingerprint density at radius 2 is 1.83 bits per heavy atom. The number of aryl methyl sites for hydroxylation is 2. The number of nitrogens with zero attached hydrogens (tertiary/aromatic N) is 3. The van der Waals surface area contributed by atoms with Crippen LogP contribution in [0.4, 0.5) is 5.69 Å². The molecule has 4 heterocycles. The molecule has 184 valence electrons. The predicted octanol–water partition coefficient (Wildman–Crippen LogP) is 4.97. The van der Waals surface area contributed by atoms with Crippen LogP contribution in [0.5, 0.6) is 0 Å². The normalized spacial score (nSPS) is 16.7. The average Bonchev–Trinajstić information content (AvgIpc) is 3.50. The van der Waals surface area contributed by atoms with Crippen molar-refractivity contribution in [3.05, 3.63) is 56.7 Å². The summed E-state index contributed by atoms with van der Waals surface area (Å²) in [4.78, 5) is 38.1. The van der Waals surface area contributed by atoms with Gasteiger partial charge >= 0.3 is 0 Å². The van der Waals surface area contributed by atoms with Crippen LogP contribution in [0.3, 0.4) is 0 Å². The summed E-state index contributed by atoms with van der Waals surface area (Å²) in [5.74, 6) is -0.0910. The topological polar surface area (TPSA) is 81.3 Å². The number of nitrogens with one attached hydrogen (secondary N) is 2. The first-order valence-corrected chi connectivity index (χ1v) is 13.0. The molecule has 1 fully saturated rings. The van der Waals surface area contributed by atoms with Crippen molar-refractivity contribution in [2.45, 2.75) is 34.6 Å². The first-order valence-electron chi connectivity index (χ1n) is 12.1. The number of aromatic amines is 1. The second kappa shape index (κ2) is 10.2. The highest BCUT2D eigenvalue weighted by Gasteiger charge is 2.28. The molecular formula is C27H33N5O2S. The number of aromatic nitrogens is 2. The van der Waals surface area contributed by atoms with Crippen LogP contribution in [0.2, 0.25) is 0 Å². The van der Waals surface area contributed by atoms with Crippen LogP contribution in [-0.2, 0) is 4.79 Å². The van der Waals surface area contributed by atoms with Gasteiger partial charge in [0, 0.05) is 59.8 Å². The van der Waals surface area contributed by atoms with Gasteiger partial charge < -0.3 is 20.1 Å². The molecule has 2 aromatic heterocycles. The Labute approximate surface area is 210 Å². The minimum absolute atomic E-state index is 0.0523. The predicted molar refractivity (Wildman–Crippen MR) is 144 cm³/mol. The quantitative estimate of drug-likeness (QED) is 0.507. The summed E-state index contributed by atoms with van der Waals surface area (Å²) in [6.07, 6.45) is 1.86. The summed E-state index contributed by atoms with van der Waals surface area (Å²) in [5, 5.41) is 5.98. The van der Waals surface area contributed by atoms with Crippen LogP contribution in [0.25, 0.3) is 22.9 Å². The van der Waals surface area contributed by atoms with E-state index in [0.29, 0.717) is 11.1 Å². The van der Waals surface area contributed by atoms with E-state index in [2.05, 4.69) is 27.2 Å². The van der Waals surface area contributed by atoms with E-state index in [0.717, 1.165) is 70.6 Å². The van der Waals surface area contributed by atoms with Gasteiger partial charge in [0.2, 0.25) is 0 Å². The number of benzene rings is 1. The number of carbonyl (C=O) groups is 2. The number of likely N-dealkylation sites (N-methyl/N-ethyl adjacent to an activating group) is 1. The zero-order valence-electron chi connectivity index (χ0n) is 21.3. The number of fused-ring (bicyclic) bond motifs is 1. The maximum atomic E-state index is 13.2. The van der Waals surface area contributed by atoms with Crippen LogP contribution < -0.4 is 5.32 Å². The number of thiazole rings is 1. The number of hydrogen-bond acceptors (Lipinski definition) is 5. The molecular weight excluding hydrogens is 458 g/mol. The van der Waals surface area contributed by atoms with Gasteiger partial charge in [0.15, 0.2) is 0 Å². The van der Waals surface area contributed by atoms with Gasteiger partial charge in [-0.2, -0.15) is 0 Å². The number of rotatable bonds is 3. The van der Waals surface area contributed by atoms with Crippen molar-refractivity contribution >= 4 is 40.5 Å². The number of amides is 2. The van der Waals surface area contributed by atoms with Gasteiger partial charge in [-0.15, -0.1) is 11.3 Å². The third-order valence-electron chi connectivity index (χ3n) is 6.49. The van der Waals surface area contributed by atoms with Crippen molar-refractivity contribution in [1.29, 1.82) is 0 Å². The molecule has 0 spiro atoms. The van der Waals surface area contributed by atoms with E-state index >= 15 is 0 Å². The molecule has 5 rings (SSSR count). The Hall–Kier alpha value is -3.23. The average molecular weight is 492 g/mol. The lowest BCUT2D eigenvalue weighted by molar-refractivity contribution is -0.110. The summed E-state index contributed by atoms with van der Waals surface area (Å²) in [6, 6.07) is 5.91. The van der Waals surface area contributed by atoms with E-state index in [1.165, 1.54) is 0 Å². The highest BCUT2D eigenvalue weighted by atomic mass is 32.1. The summed E-state index contributed by atoms with van der Waals surface area (Å²) in [6.45, 7) is 13.1. The Morgan fingerprint density at radius 1 is 1.11 bits per heavy atom. The first kappa shape index (κ1) is 24.9. The molecule has 7 nitrogen and oxygen atoms in total. The molecule has 1 saturated heterocycles. The van der Waals surface area contributed by atoms with Crippen molar-refractivity contribution in [1.82, 2.24) is 19.8 Å². The largest absolute Gasteiger partial charge is 0.358 e. The van der Waals surface area contributed by atoms with E-state index in [-0.39, 0.29) is 11.8 Å². The molecule has 3 aromatic rings. The van der Waals surface area contributed by atoms with E-state index < -0.39 is 0 Å². The molecule has 2 aliphatic rings. The Bertz CT molecular complexity index is 1290. The monoisotopic (exact) mass is 491 g/mol. The summed E-state index contributed by atoms with van der Waals surface area (Å²) in [5.41, 5.74) is 7.30. The highest BCUT2D eigenvalue weighted by molar-refractivity contribution is 7.09. The van der Waals surface area contributed by atoms with Crippen molar-refractivity contribution < 1.29 is 9.59 Å². The van der Waals surface area contributed by atoms with Crippen molar-refractivity contribution in [2.24, 2.45) is 0 Å². The summed E-state index contributed by atoms with van der Waals surface area (Å²) >= 11 is 1.61. The van der Waals surface area contributed by atoms with Crippen molar-refractivity contribution in [3.8, 4) is 11.3 Å². The smallest absolute Gasteiger partial charge is 0.256 e. The van der Waals surface area contributed by atoms with Crippen LogP contribution in [0, 0.1) is 20.8 Å². The van der Waals surface area contributed by atoms with E-state index in [1.54, 1.807) is 11.3 Å². The van der Waals surface area contributed by atoms with Gasteiger partial charge in [0.25, 0.3) is 11.8 Å². The standard InChI is InChI=1S/C25H27N5O2S.C2H6/c1-14-21(26-15(2)23(14)25(32)30-9-7-29(4)8-10-30)12-19-18-11-17(22-13-33-16(3)27-22)5-6-20(18)28-24(19)31;1-2/h5-6,11-13,26H,7-10H2,1-4H3,(H,28,31);1-2H3/b19-12-;. The van der Waals surface area contributed by atoms with Crippen LogP contribution in [0.1, 0.15) is 51.7 Å². The molecule has 0 radical (unpaired) electrons. The Kier molecular flexibility index (Phi) is 7.23. The minimum atomic E-state index is -0.143. The number of carbonyl (C=O) groups excluding carboxylic acids is 2. The van der Waals surface area contributed by atoms with Gasteiger partial charge in [-0.3, -0.25) is 9.59 Å². The molecule has 0 unspecified atom stereocenters. The highest BCUT2D eigenvalue weighted by Crippen LogP contribution is 2.37. The number of H-pyrrole nitrogens is 1. The lowest BCUT2D eigenvalue weighted by Crippen LogP contribution is -2.47. The SMILES string of the molecule is CC.Cc1nc(-c2ccc3c(c2)/C(=C/c2[nH]c(C)c(C(=O)N4CCN(C)CC4)c2C)C(=O)N3)cs1. The Morgan fingerprint density at radius 3 is 2.49 bits per heavy atom. The van der Waals surface area contributed by atoms with Crippen LogP contribution >= 0.6 is 11.3 Å². The van der Waals surface area contributed by atoms with Gasteiger partial charge in [-0.25, -0.2) is 4.98 Å². The minimum Gasteiger partial charge on any atom is -0.358 e. The molecule has 35 heavy (non-hydrogen) atoms. The van der Waals surface area contributed by atoms with Gasteiger partial charge in [0.05, 0.1) is 21.8 Å². The van der Waals surface area contributed by atoms with Crippen molar-refractivity contribution in [3.63, 3.8) is 0 Å². The van der Waals surface area contributed by atoms with Crippen LogP contribution in [0.15, 0.2) is 23.6 Å². The molecule has 0 aliphatic carbocycles. The maximum Gasteiger partial charge on any atom is 0.256 e. The molecule has 2 aliphatic heterocycles. The van der Waals surface area contributed by atoms with E-state index in [4.69, 9.17) is 0 Å². The second-order valence-electron chi connectivity index (χ2n) is 8.78. The fraction of sp³-hybridized carbons (Fsp3) is 0.370. The molecule has 0 saturated carbocycles.